The van der Waals surface area contributed by atoms with Gasteiger partial charge < -0.3 is 5.32 Å². The molecule has 116 valence electrons. The fraction of sp³-hybridized carbons (Fsp3) is 0.0588. The number of amides is 1. The number of aromatic nitrogens is 1. The molecule has 23 heavy (non-hydrogen) atoms. The summed E-state index contributed by atoms with van der Waals surface area (Å²) < 4.78 is 13.2. The monoisotopic (exact) mass is 346 g/mol. The Kier molecular flexibility index (Phi) is 4.69. The molecule has 2 aromatic carbocycles. The van der Waals surface area contributed by atoms with Gasteiger partial charge in [0.2, 0.25) is 5.91 Å². The molecule has 3 nitrogen and oxygen atoms in total. The predicted octanol–water partition coefficient (Wildman–Crippen LogP) is 4.78. The van der Waals surface area contributed by atoms with E-state index in [0.717, 1.165) is 0 Å². The number of carbonyl (C=O) groups is 1. The Bertz CT molecular complexity index is 833. The predicted molar refractivity (Wildman–Crippen MR) is 91.3 cm³/mol. The summed E-state index contributed by atoms with van der Waals surface area (Å²) in [6.07, 6.45) is 0.161. The second kappa shape index (κ2) is 6.89. The average Bonchev–Trinajstić information content (AvgIpc) is 2.98. The molecule has 3 aromatic rings. The molecule has 0 aliphatic rings. The minimum Gasteiger partial charge on any atom is -0.326 e. The van der Waals surface area contributed by atoms with E-state index in [2.05, 4.69) is 10.3 Å². The van der Waals surface area contributed by atoms with E-state index >= 15 is 0 Å². The van der Waals surface area contributed by atoms with Crippen molar-refractivity contribution in [1.29, 1.82) is 0 Å². The van der Waals surface area contributed by atoms with Crippen LogP contribution in [0, 0.1) is 5.82 Å². The standard InChI is InChI=1S/C17H12ClFN2OS/c18-12-4-6-14(7-5-12)20-16(22)9-15-10-23-17(21-15)11-2-1-3-13(19)8-11/h1-8,10H,9H2,(H,20,22). The normalized spacial score (nSPS) is 10.5. The number of thiazole rings is 1. The highest BCUT2D eigenvalue weighted by atomic mass is 35.5. The first-order valence-corrected chi connectivity index (χ1v) is 8.12. The molecule has 1 heterocycles. The van der Waals surface area contributed by atoms with E-state index < -0.39 is 0 Å². The third kappa shape index (κ3) is 4.15. The van der Waals surface area contributed by atoms with Crippen molar-refractivity contribution in [3.8, 4) is 10.6 Å². The van der Waals surface area contributed by atoms with Crippen LogP contribution in [-0.2, 0) is 11.2 Å². The fourth-order valence-corrected chi connectivity index (χ4v) is 2.99. The SMILES string of the molecule is O=C(Cc1csc(-c2cccc(F)c2)n1)Nc1ccc(Cl)cc1. The number of nitrogens with zero attached hydrogens (tertiary/aromatic N) is 1. The van der Waals surface area contributed by atoms with Crippen LogP contribution in [0.4, 0.5) is 10.1 Å². The maximum Gasteiger partial charge on any atom is 0.230 e. The summed E-state index contributed by atoms with van der Waals surface area (Å²) in [5, 5.41) is 5.90. The molecule has 0 fully saturated rings. The number of nitrogens with one attached hydrogen (secondary N) is 1. The van der Waals surface area contributed by atoms with E-state index in [1.165, 1.54) is 23.5 Å². The molecule has 3 rings (SSSR count). The molecule has 0 aliphatic heterocycles. The molecule has 0 unspecified atom stereocenters. The zero-order valence-electron chi connectivity index (χ0n) is 11.9. The summed E-state index contributed by atoms with van der Waals surface area (Å²) in [7, 11) is 0. The lowest BCUT2D eigenvalue weighted by Crippen LogP contribution is -2.14. The van der Waals surface area contributed by atoms with E-state index in [-0.39, 0.29) is 18.1 Å². The van der Waals surface area contributed by atoms with Crippen molar-refractivity contribution in [2.45, 2.75) is 6.42 Å². The van der Waals surface area contributed by atoms with Crippen molar-refractivity contribution >= 4 is 34.5 Å². The Morgan fingerprint density at radius 3 is 2.74 bits per heavy atom. The molecular weight excluding hydrogens is 335 g/mol. The van der Waals surface area contributed by atoms with Gasteiger partial charge in [-0.25, -0.2) is 9.37 Å². The highest BCUT2D eigenvalue weighted by molar-refractivity contribution is 7.13. The average molecular weight is 347 g/mol. The van der Waals surface area contributed by atoms with Crippen LogP contribution in [0.3, 0.4) is 0 Å². The lowest BCUT2D eigenvalue weighted by atomic mass is 10.2. The highest BCUT2D eigenvalue weighted by Crippen LogP contribution is 2.24. The first-order valence-electron chi connectivity index (χ1n) is 6.86. The van der Waals surface area contributed by atoms with Gasteiger partial charge in [-0.05, 0) is 36.4 Å². The van der Waals surface area contributed by atoms with Crippen LogP contribution >= 0.6 is 22.9 Å². The van der Waals surface area contributed by atoms with E-state index in [4.69, 9.17) is 11.6 Å². The van der Waals surface area contributed by atoms with Crippen LogP contribution in [0.15, 0.2) is 53.9 Å². The molecule has 0 saturated carbocycles. The number of hydrogen-bond donors (Lipinski definition) is 1. The maximum absolute atomic E-state index is 13.2. The van der Waals surface area contributed by atoms with Gasteiger partial charge in [-0.3, -0.25) is 4.79 Å². The largest absolute Gasteiger partial charge is 0.326 e. The third-order valence-electron chi connectivity index (χ3n) is 3.09. The number of rotatable bonds is 4. The molecule has 6 heteroatoms. The van der Waals surface area contributed by atoms with Crippen LogP contribution in [0.2, 0.25) is 5.02 Å². The molecule has 0 spiro atoms. The lowest BCUT2D eigenvalue weighted by Gasteiger charge is -2.03. The zero-order chi connectivity index (χ0) is 16.2. The van der Waals surface area contributed by atoms with Gasteiger partial charge in [0.25, 0.3) is 0 Å². The second-order valence-corrected chi connectivity index (χ2v) is 6.18. The van der Waals surface area contributed by atoms with Gasteiger partial charge in [0, 0.05) is 21.7 Å². The summed E-state index contributed by atoms with van der Waals surface area (Å²) in [5.41, 5.74) is 2.04. The Labute approximate surface area is 141 Å². The first-order chi connectivity index (χ1) is 11.1. The van der Waals surface area contributed by atoms with Crippen LogP contribution in [0.1, 0.15) is 5.69 Å². The fourth-order valence-electron chi connectivity index (χ4n) is 2.05. The third-order valence-corrected chi connectivity index (χ3v) is 4.29. The lowest BCUT2D eigenvalue weighted by molar-refractivity contribution is -0.115. The second-order valence-electron chi connectivity index (χ2n) is 4.89. The molecule has 0 atom stereocenters. The molecule has 0 bridgehead atoms. The molecular formula is C17H12ClFN2OS. The highest BCUT2D eigenvalue weighted by Gasteiger charge is 2.10. The van der Waals surface area contributed by atoms with Crippen molar-refractivity contribution in [2.24, 2.45) is 0 Å². The molecule has 1 aromatic heterocycles. The molecule has 0 radical (unpaired) electrons. The zero-order valence-corrected chi connectivity index (χ0v) is 13.5. The van der Waals surface area contributed by atoms with Gasteiger partial charge in [-0.15, -0.1) is 11.3 Å². The minimum absolute atomic E-state index is 0.161. The van der Waals surface area contributed by atoms with Crippen LogP contribution in [0.5, 0.6) is 0 Å². The van der Waals surface area contributed by atoms with Crippen molar-refractivity contribution in [3.05, 3.63) is 70.4 Å². The van der Waals surface area contributed by atoms with Crippen molar-refractivity contribution in [3.63, 3.8) is 0 Å². The van der Waals surface area contributed by atoms with Crippen LogP contribution in [-0.4, -0.2) is 10.9 Å². The summed E-state index contributed by atoms with van der Waals surface area (Å²) in [5.74, 6) is -0.469. The van der Waals surface area contributed by atoms with Gasteiger partial charge in [-0.2, -0.15) is 0 Å². The minimum atomic E-state index is -0.306. The van der Waals surface area contributed by atoms with Gasteiger partial charge in [0.15, 0.2) is 0 Å². The Balaban J connectivity index is 1.66. The van der Waals surface area contributed by atoms with E-state index in [9.17, 15) is 9.18 Å². The van der Waals surface area contributed by atoms with Crippen LogP contribution in [0.25, 0.3) is 10.6 Å². The summed E-state index contributed by atoms with van der Waals surface area (Å²) in [4.78, 5) is 16.4. The Morgan fingerprint density at radius 2 is 2.00 bits per heavy atom. The van der Waals surface area contributed by atoms with Gasteiger partial charge in [0.1, 0.15) is 10.8 Å². The molecule has 0 aliphatic carbocycles. The van der Waals surface area contributed by atoms with Gasteiger partial charge in [0.05, 0.1) is 12.1 Å². The van der Waals surface area contributed by atoms with E-state index in [0.29, 0.717) is 27.0 Å². The van der Waals surface area contributed by atoms with Crippen molar-refractivity contribution in [1.82, 2.24) is 4.98 Å². The first kappa shape index (κ1) is 15.6. The number of carbonyl (C=O) groups excluding carboxylic acids is 1. The topological polar surface area (TPSA) is 42.0 Å². The van der Waals surface area contributed by atoms with Gasteiger partial charge >= 0.3 is 0 Å². The number of benzene rings is 2. The number of anilines is 1. The smallest absolute Gasteiger partial charge is 0.230 e. The van der Waals surface area contributed by atoms with Gasteiger partial charge in [-0.1, -0.05) is 23.7 Å². The van der Waals surface area contributed by atoms with E-state index in [1.807, 2.05) is 5.38 Å². The Morgan fingerprint density at radius 1 is 1.22 bits per heavy atom. The van der Waals surface area contributed by atoms with Crippen LogP contribution < -0.4 is 5.32 Å². The molecule has 1 N–H and O–H groups in total. The number of halogens is 2. The van der Waals surface area contributed by atoms with E-state index in [1.54, 1.807) is 36.4 Å². The summed E-state index contributed by atoms with van der Waals surface area (Å²) in [6.45, 7) is 0. The quantitative estimate of drug-likeness (QED) is 0.738. The molecule has 0 saturated heterocycles. The number of hydrogen-bond acceptors (Lipinski definition) is 3. The van der Waals surface area contributed by atoms with Crippen molar-refractivity contribution in [2.75, 3.05) is 5.32 Å². The molecule has 1 amide bonds. The summed E-state index contributed by atoms with van der Waals surface area (Å²) in [6, 6.07) is 13.1. The maximum atomic E-state index is 13.2. The van der Waals surface area contributed by atoms with Crippen molar-refractivity contribution < 1.29 is 9.18 Å². The summed E-state index contributed by atoms with van der Waals surface area (Å²) >= 11 is 7.19. The Hall–Kier alpha value is -2.24.